The SMILES string of the molecule is CCOC(=O)C(C)(C)Oc1ccc(-c2cnc3[nH]cc(C(=O)C(C)(C)C)c3n2)cc1NS(=O)(=O)c1ccccc1. The molecule has 11 heteroatoms. The van der Waals surface area contributed by atoms with Gasteiger partial charge in [0.2, 0.25) is 0 Å². The molecule has 0 fully saturated rings. The Morgan fingerprint density at radius 1 is 1.02 bits per heavy atom. The average Bonchev–Trinajstić information content (AvgIpc) is 3.32. The smallest absolute Gasteiger partial charge is 0.349 e. The van der Waals surface area contributed by atoms with E-state index in [2.05, 4.69) is 19.7 Å². The zero-order valence-corrected chi connectivity index (χ0v) is 24.0. The number of nitrogens with one attached hydrogen (secondary N) is 2. The molecule has 2 N–H and O–H groups in total. The van der Waals surface area contributed by atoms with E-state index in [9.17, 15) is 18.0 Å². The zero-order chi connectivity index (χ0) is 29.3. The van der Waals surface area contributed by atoms with Crippen molar-refractivity contribution >= 4 is 38.6 Å². The van der Waals surface area contributed by atoms with Crippen molar-refractivity contribution in [3.05, 3.63) is 66.5 Å². The summed E-state index contributed by atoms with van der Waals surface area (Å²) in [4.78, 5) is 37.6. The van der Waals surface area contributed by atoms with E-state index in [1.54, 1.807) is 49.5 Å². The number of fused-ring (bicyclic) bond motifs is 1. The summed E-state index contributed by atoms with van der Waals surface area (Å²) in [6.45, 7) is 10.4. The number of carbonyl (C=O) groups excluding carboxylic acids is 2. The number of nitrogens with zero attached hydrogens (tertiary/aromatic N) is 2. The molecule has 40 heavy (non-hydrogen) atoms. The van der Waals surface area contributed by atoms with Gasteiger partial charge in [0.1, 0.15) is 11.3 Å². The summed E-state index contributed by atoms with van der Waals surface area (Å²) >= 11 is 0. The number of aromatic nitrogens is 3. The van der Waals surface area contributed by atoms with Gasteiger partial charge in [0, 0.05) is 17.2 Å². The highest BCUT2D eigenvalue weighted by molar-refractivity contribution is 7.92. The Balaban J connectivity index is 1.81. The molecule has 0 saturated carbocycles. The number of benzene rings is 2. The number of rotatable bonds is 9. The number of hydrogen-bond donors (Lipinski definition) is 2. The van der Waals surface area contributed by atoms with Gasteiger partial charge in [-0.25, -0.2) is 23.2 Å². The van der Waals surface area contributed by atoms with Gasteiger partial charge in [0.05, 0.1) is 34.6 Å². The van der Waals surface area contributed by atoms with Gasteiger partial charge in [-0.2, -0.15) is 0 Å². The number of Topliss-reactive ketones (excluding diaryl/α,β-unsaturated/α-hetero) is 1. The summed E-state index contributed by atoms with van der Waals surface area (Å²) in [5.74, 6) is -0.581. The van der Waals surface area contributed by atoms with E-state index >= 15 is 0 Å². The minimum atomic E-state index is -4.01. The lowest BCUT2D eigenvalue weighted by atomic mass is 9.87. The molecule has 0 spiro atoms. The van der Waals surface area contributed by atoms with E-state index < -0.39 is 27.0 Å². The minimum Gasteiger partial charge on any atom is -0.474 e. The first kappa shape index (κ1) is 28.8. The molecule has 4 aromatic rings. The van der Waals surface area contributed by atoms with E-state index in [4.69, 9.17) is 9.47 Å². The summed E-state index contributed by atoms with van der Waals surface area (Å²) in [6.07, 6.45) is 3.12. The average molecular weight is 565 g/mol. The van der Waals surface area contributed by atoms with Crippen LogP contribution in [0.1, 0.15) is 51.9 Å². The molecule has 2 heterocycles. The van der Waals surface area contributed by atoms with Crippen molar-refractivity contribution in [2.75, 3.05) is 11.3 Å². The first-order chi connectivity index (χ1) is 18.7. The second kappa shape index (κ2) is 10.7. The second-order valence-corrected chi connectivity index (χ2v) is 12.4. The Labute approximate surface area is 233 Å². The van der Waals surface area contributed by atoms with Crippen LogP contribution in [-0.4, -0.2) is 47.3 Å². The number of ketones is 1. The maximum atomic E-state index is 13.2. The van der Waals surface area contributed by atoms with Gasteiger partial charge >= 0.3 is 5.97 Å². The van der Waals surface area contributed by atoms with Gasteiger partial charge in [-0.05, 0) is 51.1 Å². The van der Waals surface area contributed by atoms with E-state index in [0.29, 0.717) is 28.0 Å². The molecule has 0 unspecified atom stereocenters. The highest BCUT2D eigenvalue weighted by atomic mass is 32.2. The molecule has 2 aromatic carbocycles. The maximum absolute atomic E-state index is 13.2. The number of ether oxygens (including phenoxy) is 2. The summed E-state index contributed by atoms with van der Waals surface area (Å²) < 4.78 is 40.1. The highest BCUT2D eigenvalue weighted by Gasteiger charge is 2.33. The van der Waals surface area contributed by atoms with Gasteiger partial charge in [0.15, 0.2) is 17.0 Å². The van der Waals surface area contributed by atoms with Gasteiger partial charge in [-0.3, -0.25) is 9.52 Å². The quantitative estimate of drug-likeness (QED) is 0.204. The number of hydrogen-bond acceptors (Lipinski definition) is 8. The lowest BCUT2D eigenvalue weighted by Gasteiger charge is -2.26. The highest BCUT2D eigenvalue weighted by Crippen LogP contribution is 2.35. The van der Waals surface area contributed by atoms with E-state index in [1.807, 2.05) is 20.8 Å². The first-order valence-electron chi connectivity index (χ1n) is 12.7. The Kier molecular flexibility index (Phi) is 7.71. The van der Waals surface area contributed by atoms with Crippen LogP contribution in [0.15, 0.2) is 65.8 Å². The number of sulfonamides is 1. The van der Waals surface area contributed by atoms with Crippen LogP contribution >= 0.6 is 0 Å². The number of aromatic amines is 1. The number of carbonyl (C=O) groups is 2. The second-order valence-electron chi connectivity index (χ2n) is 10.7. The van der Waals surface area contributed by atoms with Crippen LogP contribution in [0, 0.1) is 5.41 Å². The zero-order valence-electron chi connectivity index (χ0n) is 23.2. The molecule has 10 nitrogen and oxygen atoms in total. The Bertz CT molecular complexity index is 1670. The summed E-state index contributed by atoms with van der Waals surface area (Å²) in [5, 5.41) is 0. The fourth-order valence-electron chi connectivity index (χ4n) is 3.89. The third-order valence-corrected chi connectivity index (χ3v) is 7.39. The molecule has 2 aromatic heterocycles. The van der Waals surface area contributed by atoms with E-state index in [1.165, 1.54) is 32.2 Å². The van der Waals surface area contributed by atoms with Crippen molar-refractivity contribution in [3.63, 3.8) is 0 Å². The van der Waals surface area contributed by atoms with Crippen molar-refractivity contribution in [2.24, 2.45) is 5.41 Å². The van der Waals surface area contributed by atoms with Crippen LogP contribution in [0.3, 0.4) is 0 Å². The van der Waals surface area contributed by atoms with Gasteiger partial charge in [0.25, 0.3) is 10.0 Å². The van der Waals surface area contributed by atoms with Gasteiger partial charge < -0.3 is 14.5 Å². The molecule has 4 rings (SSSR count). The predicted octanol–water partition coefficient (Wildman–Crippen LogP) is 5.38. The molecule has 0 saturated heterocycles. The van der Waals surface area contributed by atoms with Crippen LogP contribution in [-0.2, 0) is 19.6 Å². The topological polar surface area (TPSA) is 140 Å². The summed E-state index contributed by atoms with van der Waals surface area (Å²) in [6, 6.07) is 12.6. The third kappa shape index (κ3) is 5.99. The fraction of sp³-hybridized carbons (Fsp3) is 0.310. The molecule has 0 amide bonds. The Morgan fingerprint density at radius 3 is 2.38 bits per heavy atom. The lowest BCUT2D eigenvalue weighted by Crippen LogP contribution is -2.40. The molecule has 0 radical (unpaired) electrons. The molecule has 0 bridgehead atoms. The maximum Gasteiger partial charge on any atom is 0.349 e. The van der Waals surface area contributed by atoms with Crippen molar-refractivity contribution in [3.8, 4) is 17.0 Å². The lowest BCUT2D eigenvalue weighted by molar-refractivity contribution is -0.158. The predicted molar refractivity (Wildman–Crippen MR) is 152 cm³/mol. The van der Waals surface area contributed by atoms with Gasteiger partial charge in [-0.1, -0.05) is 39.0 Å². The van der Waals surface area contributed by atoms with Crippen LogP contribution in [0.5, 0.6) is 5.75 Å². The normalized spacial score (nSPS) is 12.2. The van der Waals surface area contributed by atoms with Crippen LogP contribution in [0.2, 0.25) is 0 Å². The van der Waals surface area contributed by atoms with Crippen LogP contribution in [0.4, 0.5) is 5.69 Å². The third-order valence-electron chi connectivity index (χ3n) is 6.01. The Morgan fingerprint density at radius 2 is 1.73 bits per heavy atom. The van der Waals surface area contributed by atoms with Crippen molar-refractivity contribution in [2.45, 2.75) is 52.0 Å². The summed E-state index contributed by atoms with van der Waals surface area (Å²) in [5.41, 5.74) is 0.253. The number of anilines is 1. The monoisotopic (exact) mass is 564 g/mol. The number of H-pyrrole nitrogens is 1. The minimum absolute atomic E-state index is 0.0508. The summed E-state index contributed by atoms with van der Waals surface area (Å²) in [7, 11) is -4.01. The van der Waals surface area contributed by atoms with E-state index in [0.717, 1.165) is 0 Å². The Hall–Kier alpha value is -4.25. The van der Waals surface area contributed by atoms with Crippen LogP contribution in [0.25, 0.3) is 22.4 Å². The number of esters is 1. The van der Waals surface area contributed by atoms with Crippen molar-refractivity contribution in [1.29, 1.82) is 0 Å². The molecule has 0 aliphatic heterocycles. The van der Waals surface area contributed by atoms with Gasteiger partial charge in [-0.15, -0.1) is 0 Å². The fourth-order valence-corrected chi connectivity index (χ4v) is 4.97. The van der Waals surface area contributed by atoms with E-state index in [-0.39, 0.29) is 28.7 Å². The molecule has 0 aliphatic rings. The standard InChI is InChI=1S/C29H32N4O6S/c1-7-38-27(35)29(5,6)39-23-14-13-18(15-21(23)33-40(36,37)19-11-9-8-10-12-19)22-17-31-26-24(32-22)20(16-30-26)25(34)28(2,3)4/h8-17,33H,7H2,1-6H3,(H,30,31). The molecular formula is C29H32N4O6S. The van der Waals surface area contributed by atoms with Crippen molar-refractivity contribution in [1.82, 2.24) is 15.0 Å². The first-order valence-corrected chi connectivity index (χ1v) is 14.2. The molecule has 0 aliphatic carbocycles. The molecular weight excluding hydrogens is 532 g/mol. The largest absolute Gasteiger partial charge is 0.474 e. The van der Waals surface area contributed by atoms with Crippen molar-refractivity contribution < 1.29 is 27.5 Å². The van der Waals surface area contributed by atoms with Crippen LogP contribution < -0.4 is 9.46 Å². The molecule has 210 valence electrons. The molecule has 0 atom stereocenters.